The lowest BCUT2D eigenvalue weighted by Crippen LogP contribution is -2.62. The summed E-state index contributed by atoms with van der Waals surface area (Å²) in [6, 6.07) is 17.1. The summed E-state index contributed by atoms with van der Waals surface area (Å²) in [5.41, 5.74) is 3.49. The Morgan fingerprint density at radius 2 is 1.68 bits per heavy atom. The van der Waals surface area contributed by atoms with E-state index in [1.807, 2.05) is 24.3 Å². The first-order chi connectivity index (χ1) is 16.5. The molecule has 3 heterocycles. The number of nitrogens with zero attached hydrogens (tertiary/aromatic N) is 2. The molecule has 2 atom stereocenters. The molecule has 6 nitrogen and oxygen atoms in total. The molecule has 1 aromatic heterocycles. The molecule has 2 unspecified atom stereocenters. The fraction of sp³-hybridized carbons (Fsp3) is 0.333. The summed E-state index contributed by atoms with van der Waals surface area (Å²) in [7, 11) is 0. The van der Waals surface area contributed by atoms with Gasteiger partial charge in [0.25, 0.3) is 0 Å². The SMILES string of the molecule is O=C(OCC1c2ccccc2-c2ccccc21)N1C2COCC1CC(O)(c1ccncc1F)C2. The van der Waals surface area contributed by atoms with Crippen LogP contribution in [0, 0.1) is 5.82 Å². The summed E-state index contributed by atoms with van der Waals surface area (Å²) in [5, 5.41) is 11.3. The number of aromatic nitrogens is 1. The molecule has 174 valence electrons. The normalized spacial score (nSPS) is 25.5. The number of rotatable bonds is 3. The van der Waals surface area contributed by atoms with E-state index in [1.165, 1.54) is 23.4 Å². The molecule has 34 heavy (non-hydrogen) atoms. The number of hydrogen-bond donors (Lipinski definition) is 1. The second-order valence-electron chi connectivity index (χ2n) is 9.35. The average Bonchev–Trinajstić information content (AvgIpc) is 3.16. The highest BCUT2D eigenvalue weighted by Gasteiger charge is 2.50. The van der Waals surface area contributed by atoms with Crippen LogP contribution in [0.3, 0.4) is 0 Å². The van der Waals surface area contributed by atoms with Gasteiger partial charge < -0.3 is 14.6 Å². The number of piperidine rings is 1. The predicted octanol–water partition coefficient (Wildman–Crippen LogP) is 4.22. The van der Waals surface area contributed by atoms with Gasteiger partial charge in [-0.3, -0.25) is 9.88 Å². The Morgan fingerprint density at radius 1 is 1.06 bits per heavy atom. The van der Waals surface area contributed by atoms with Gasteiger partial charge in [-0.15, -0.1) is 0 Å². The Morgan fingerprint density at radius 3 is 2.29 bits per heavy atom. The molecule has 1 amide bonds. The third kappa shape index (κ3) is 3.38. The van der Waals surface area contributed by atoms with Crippen molar-refractivity contribution in [3.63, 3.8) is 0 Å². The van der Waals surface area contributed by atoms with Gasteiger partial charge in [-0.05, 0) is 28.3 Å². The van der Waals surface area contributed by atoms with Crippen LogP contribution in [-0.4, -0.2) is 53.0 Å². The standard InChI is InChI=1S/C27H25FN2O4/c28-25-13-29-10-9-24(25)27(32)11-17-14-33-15-18(12-27)30(17)26(31)34-16-23-21-7-3-1-5-19(21)20-6-2-4-8-22(20)23/h1-10,13,17-18,23,32H,11-12,14-16H2. The van der Waals surface area contributed by atoms with E-state index < -0.39 is 29.6 Å². The molecule has 3 aliphatic rings. The van der Waals surface area contributed by atoms with Gasteiger partial charge in [-0.1, -0.05) is 48.5 Å². The van der Waals surface area contributed by atoms with Gasteiger partial charge >= 0.3 is 6.09 Å². The highest BCUT2D eigenvalue weighted by atomic mass is 19.1. The lowest BCUT2D eigenvalue weighted by Gasteiger charge is -2.51. The number of carbonyl (C=O) groups is 1. The van der Waals surface area contributed by atoms with E-state index in [0.717, 1.165) is 17.3 Å². The number of morpholine rings is 1. The fourth-order valence-corrected chi connectivity index (χ4v) is 5.92. The number of pyridine rings is 1. The summed E-state index contributed by atoms with van der Waals surface area (Å²) in [6.45, 7) is 0.776. The minimum absolute atomic E-state index is 0.0277. The number of aliphatic hydroxyl groups is 1. The third-order valence-corrected chi connectivity index (χ3v) is 7.37. The summed E-state index contributed by atoms with van der Waals surface area (Å²) >= 11 is 0. The fourth-order valence-electron chi connectivity index (χ4n) is 5.92. The minimum atomic E-state index is -1.38. The number of carbonyl (C=O) groups excluding carboxylic acids is 1. The quantitative estimate of drug-likeness (QED) is 0.634. The monoisotopic (exact) mass is 460 g/mol. The van der Waals surface area contributed by atoms with Crippen molar-refractivity contribution in [1.29, 1.82) is 0 Å². The maximum Gasteiger partial charge on any atom is 0.410 e. The average molecular weight is 461 g/mol. The Kier molecular flexibility index (Phi) is 5.12. The maximum absolute atomic E-state index is 14.4. The Labute approximate surface area is 197 Å². The third-order valence-electron chi connectivity index (χ3n) is 7.37. The Hall–Kier alpha value is -3.29. The second kappa shape index (κ2) is 8.18. The summed E-state index contributed by atoms with van der Waals surface area (Å²) in [4.78, 5) is 18.8. The zero-order valence-corrected chi connectivity index (χ0v) is 18.6. The molecule has 0 saturated carbocycles. The van der Waals surface area contributed by atoms with Crippen LogP contribution in [0.25, 0.3) is 11.1 Å². The first-order valence-corrected chi connectivity index (χ1v) is 11.6. The number of fused-ring (bicyclic) bond motifs is 5. The first kappa shape index (κ1) is 21.3. The van der Waals surface area contributed by atoms with E-state index in [1.54, 1.807) is 4.90 Å². The smallest absolute Gasteiger partial charge is 0.410 e. The molecule has 2 saturated heterocycles. The predicted molar refractivity (Wildman–Crippen MR) is 123 cm³/mol. The van der Waals surface area contributed by atoms with E-state index in [0.29, 0.717) is 0 Å². The topological polar surface area (TPSA) is 71.9 Å². The van der Waals surface area contributed by atoms with Crippen LogP contribution in [0.4, 0.5) is 9.18 Å². The number of ether oxygens (including phenoxy) is 2. The molecule has 2 bridgehead atoms. The van der Waals surface area contributed by atoms with Crippen LogP contribution in [0.1, 0.15) is 35.4 Å². The molecule has 2 aliphatic heterocycles. The summed E-state index contributed by atoms with van der Waals surface area (Å²) in [5.74, 6) is -0.571. The van der Waals surface area contributed by atoms with Gasteiger partial charge in [-0.2, -0.15) is 0 Å². The molecule has 3 aromatic rings. The van der Waals surface area contributed by atoms with Gasteiger partial charge in [0.2, 0.25) is 0 Å². The lowest BCUT2D eigenvalue weighted by molar-refractivity contribution is -0.137. The van der Waals surface area contributed by atoms with Crippen LogP contribution in [0.2, 0.25) is 0 Å². The van der Waals surface area contributed by atoms with Crippen molar-refractivity contribution >= 4 is 6.09 Å². The van der Waals surface area contributed by atoms with E-state index in [9.17, 15) is 14.3 Å². The molecule has 1 aliphatic carbocycles. The largest absolute Gasteiger partial charge is 0.448 e. The molecule has 1 N–H and O–H groups in total. The number of amides is 1. The Bertz CT molecular complexity index is 1190. The molecular formula is C27H25FN2O4. The minimum Gasteiger partial charge on any atom is -0.448 e. The second-order valence-corrected chi connectivity index (χ2v) is 9.35. The van der Waals surface area contributed by atoms with Gasteiger partial charge in [0.05, 0.1) is 37.1 Å². The van der Waals surface area contributed by atoms with Crippen molar-refractivity contribution < 1.29 is 23.8 Å². The van der Waals surface area contributed by atoms with Gasteiger partial charge in [0, 0.05) is 30.5 Å². The molecule has 6 rings (SSSR count). The van der Waals surface area contributed by atoms with Crippen LogP contribution >= 0.6 is 0 Å². The molecule has 0 spiro atoms. The zero-order valence-electron chi connectivity index (χ0n) is 18.6. The van der Waals surface area contributed by atoms with Crippen LogP contribution in [-0.2, 0) is 15.1 Å². The lowest BCUT2D eigenvalue weighted by atomic mass is 9.77. The molecule has 2 aromatic carbocycles. The molecule has 2 fully saturated rings. The van der Waals surface area contributed by atoms with E-state index in [2.05, 4.69) is 29.2 Å². The molecule has 0 radical (unpaired) electrons. The summed E-state index contributed by atoms with van der Waals surface area (Å²) < 4.78 is 26.0. The number of hydrogen-bond acceptors (Lipinski definition) is 5. The maximum atomic E-state index is 14.4. The van der Waals surface area contributed by atoms with E-state index in [-0.39, 0.29) is 44.1 Å². The van der Waals surface area contributed by atoms with Crippen molar-refractivity contribution in [3.8, 4) is 11.1 Å². The van der Waals surface area contributed by atoms with Crippen LogP contribution in [0.15, 0.2) is 67.0 Å². The van der Waals surface area contributed by atoms with Crippen molar-refractivity contribution in [3.05, 3.63) is 89.5 Å². The number of halogens is 1. The van der Waals surface area contributed by atoms with Crippen LogP contribution in [0.5, 0.6) is 0 Å². The molecular weight excluding hydrogens is 435 g/mol. The van der Waals surface area contributed by atoms with Crippen LogP contribution < -0.4 is 0 Å². The number of benzene rings is 2. The van der Waals surface area contributed by atoms with Crippen molar-refractivity contribution in [2.45, 2.75) is 36.4 Å². The molecule has 7 heteroatoms. The van der Waals surface area contributed by atoms with Gasteiger partial charge in [0.15, 0.2) is 0 Å². The van der Waals surface area contributed by atoms with Crippen molar-refractivity contribution in [2.24, 2.45) is 0 Å². The zero-order chi connectivity index (χ0) is 23.3. The van der Waals surface area contributed by atoms with E-state index in [4.69, 9.17) is 9.47 Å². The highest BCUT2D eigenvalue weighted by molar-refractivity contribution is 5.79. The highest BCUT2D eigenvalue weighted by Crippen LogP contribution is 2.45. The van der Waals surface area contributed by atoms with Crippen molar-refractivity contribution in [2.75, 3.05) is 19.8 Å². The van der Waals surface area contributed by atoms with Gasteiger partial charge in [-0.25, -0.2) is 9.18 Å². The Balaban J connectivity index is 1.21. The van der Waals surface area contributed by atoms with E-state index >= 15 is 0 Å². The summed E-state index contributed by atoms with van der Waals surface area (Å²) in [6.07, 6.45) is 2.51. The first-order valence-electron chi connectivity index (χ1n) is 11.6. The van der Waals surface area contributed by atoms with Crippen molar-refractivity contribution in [1.82, 2.24) is 9.88 Å². The van der Waals surface area contributed by atoms with Gasteiger partial charge in [0.1, 0.15) is 12.4 Å².